The lowest BCUT2D eigenvalue weighted by molar-refractivity contribution is -0.136. The smallest absolute Gasteiger partial charge is 0.226 e. The van der Waals surface area contributed by atoms with E-state index in [9.17, 15) is 9.18 Å². The topological polar surface area (TPSA) is 47.6 Å². The SMILES string of the molecule is COc1ccc(F)cc1-c1ccc(CC2(C(=O)NCCC3CCCC3)CCOCC2)cc1. The molecule has 0 unspecified atom stereocenters. The molecule has 2 aromatic carbocycles. The summed E-state index contributed by atoms with van der Waals surface area (Å²) in [7, 11) is 1.59. The van der Waals surface area contributed by atoms with E-state index in [0.29, 0.717) is 25.4 Å². The standard InChI is InChI=1S/C27H34FNO3/c1-31-25-11-10-23(28)18-24(25)22-8-6-21(7-9-22)19-27(13-16-32-17-14-27)26(30)29-15-12-20-4-2-3-5-20/h6-11,18,20H,2-5,12-17,19H2,1H3,(H,29,30). The molecule has 1 N–H and O–H groups in total. The van der Waals surface area contributed by atoms with Gasteiger partial charge in [-0.2, -0.15) is 0 Å². The molecule has 1 heterocycles. The maximum absolute atomic E-state index is 13.8. The van der Waals surface area contributed by atoms with Gasteiger partial charge in [0.25, 0.3) is 0 Å². The molecule has 0 atom stereocenters. The van der Waals surface area contributed by atoms with Gasteiger partial charge in [0, 0.05) is 25.3 Å². The molecule has 0 spiro atoms. The van der Waals surface area contributed by atoms with Gasteiger partial charge in [0.05, 0.1) is 12.5 Å². The van der Waals surface area contributed by atoms with Crippen molar-refractivity contribution in [3.05, 3.63) is 53.8 Å². The largest absolute Gasteiger partial charge is 0.496 e. The van der Waals surface area contributed by atoms with E-state index in [-0.39, 0.29) is 11.7 Å². The molecule has 0 aromatic heterocycles. The number of carbonyl (C=O) groups is 1. The maximum atomic E-state index is 13.8. The van der Waals surface area contributed by atoms with Crippen LogP contribution in [0.2, 0.25) is 0 Å². The fourth-order valence-electron chi connectivity index (χ4n) is 5.22. The normalized spacial score (nSPS) is 18.4. The van der Waals surface area contributed by atoms with Crippen LogP contribution in [0.1, 0.15) is 50.5 Å². The van der Waals surface area contributed by atoms with Crippen LogP contribution in [0.3, 0.4) is 0 Å². The number of carbonyl (C=O) groups excluding carboxylic acids is 1. The van der Waals surface area contributed by atoms with Crippen molar-refractivity contribution in [1.82, 2.24) is 5.32 Å². The van der Waals surface area contributed by atoms with Gasteiger partial charge in [-0.05, 0) is 60.9 Å². The quantitative estimate of drug-likeness (QED) is 0.588. The molecule has 2 fully saturated rings. The number of hydrogen-bond acceptors (Lipinski definition) is 3. The minimum Gasteiger partial charge on any atom is -0.496 e. The average molecular weight is 440 g/mol. The Morgan fingerprint density at radius 3 is 2.53 bits per heavy atom. The number of nitrogens with one attached hydrogen (secondary N) is 1. The third-order valence-electron chi connectivity index (χ3n) is 7.21. The van der Waals surface area contributed by atoms with Gasteiger partial charge in [0.1, 0.15) is 11.6 Å². The molecule has 0 bridgehead atoms. The third-order valence-corrected chi connectivity index (χ3v) is 7.21. The van der Waals surface area contributed by atoms with Gasteiger partial charge >= 0.3 is 0 Å². The van der Waals surface area contributed by atoms with Crippen molar-refractivity contribution in [2.24, 2.45) is 11.3 Å². The zero-order valence-corrected chi connectivity index (χ0v) is 19.0. The number of rotatable bonds is 8. The van der Waals surface area contributed by atoms with E-state index in [1.165, 1.54) is 37.8 Å². The summed E-state index contributed by atoms with van der Waals surface area (Å²) in [5.41, 5.74) is 2.31. The first-order valence-electron chi connectivity index (χ1n) is 11.9. The Morgan fingerprint density at radius 2 is 1.84 bits per heavy atom. The first kappa shape index (κ1) is 22.8. The van der Waals surface area contributed by atoms with Gasteiger partial charge in [-0.1, -0.05) is 49.9 Å². The molecule has 1 saturated carbocycles. The van der Waals surface area contributed by atoms with E-state index < -0.39 is 5.41 Å². The predicted octanol–water partition coefficient (Wildman–Crippen LogP) is 5.54. The molecule has 1 aliphatic carbocycles. The lowest BCUT2D eigenvalue weighted by Crippen LogP contribution is -2.46. The molecule has 172 valence electrons. The van der Waals surface area contributed by atoms with Crippen LogP contribution in [0.5, 0.6) is 5.75 Å². The highest BCUT2D eigenvalue weighted by Crippen LogP contribution is 2.36. The zero-order valence-electron chi connectivity index (χ0n) is 19.0. The van der Waals surface area contributed by atoms with Crippen LogP contribution >= 0.6 is 0 Å². The number of halogens is 1. The summed E-state index contributed by atoms with van der Waals surface area (Å²) in [4.78, 5) is 13.3. The van der Waals surface area contributed by atoms with Crippen molar-refractivity contribution in [1.29, 1.82) is 0 Å². The zero-order chi connectivity index (χ0) is 22.4. The molecule has 4 rings (SSSR count). The predicted molar refractivity (Wildman–Crippen MR) is 124 cm³/mol. The van der Waals surface area contributed by atoms with Crippen LogP contribution in [0.4, 0.5) is 4.39 Å². The van der Waals surface area contributed by atoms with Crippen LogP contribution in [0.25, 0.3) is 11.1 Å². The minimum absolute atomic E-state index is 0.162. The van der Waals surface area contributed by atoms with Crippen molar-refractivity contribution in [3.63, 3.8) is 0 Å². The molecule has 2 aliphatic rings. The molecule has 32 heavy (non-hydrogen) atoms. The molecular weight excluding hydrogens is 405 g/mol. The Labute approximate surface area is 190 Å². The summed E-state index contributed by atoms with van der Waals surface area (Å²) in [5, 5.41) is 3.25. The van der Waals surface area contributed by atoms with Crippen LogP contribution in [-0.4, -0.2) is 32.8 Å². The first-order valence-corrected chi connectivity index (χ1v) is 11.9. The molecular formula is C27H34FNO3. The molecule has 1 amide bonds. The monoisotopic (exact) mass is 439 g/mol. The van der Waals surface area contributed by atoms with Gasteiger partial charge in [-0.3, -0.25) is 4.79 Å². The lowest BCUT2D eigenvalue weighted by Gasteiger charge is -2.36. The number of hydrogen-bond donors (Lipinski definition) is 1. The summed E-state index contributed by atoms with van der Waals surface area (Å²) in [6.45, 7) is 2.01. The Hall–Kier alpha value is -2.40. The molecule has 4 nitrogen and oxygen atoms in total. The number of methoxy groups -OCH3 is 1. The Morgan fingerprint density at radius 1 is 1.12 bits per heavy atom. The molecule has 5 heteroatoms. The second kappa shape index (κ2) is 10.5. The van der Waals surface area contributed by atoms with E-state index in [2.05, 4.69) is 5.32 Å². The maximum Gasteiger partial charge on any atom is 0.226 e. The van der Waals surface area contributed by atoms with Crippen LogP contribution in [0.15, 0.2) is 42.5 Å². The first-order chi connectivity index (χ1) is 15.6. The summed E-state index contributed by atoms with van der Waals surface area (Å²) in [6, 6.07) is 12.6. The summed E-state index contributed by atoms with van der Waals surface area (Å²) in [5.74, 6) is 1.28. The second-order valence-electron chi connectivity index (χ2n) is 9.31. The highest BCUT2D eigenvalue weighted by Gasteiger charge is 2.40. The highest BCUT2D eigenvalue weighted by molar-refractivity contribution is 5.83. The van der Waals surface area contributed by atoms with Gasteiger partial charge in [0.15, 0.2) is 0 Å². The number of benzene rings is 2. The number of amides is 1. The van der Waals surface area contributed by atoms with Crippen molar-refractivity contribution in [2.75, 3.05) is 26.9 Å². The lowest BCUT2D eigenvalue weighted by atomic mass is 9.74. The van der Waals surface area contributed by atoms with Crippen LogP contribution in [0, 0.1) is 17.2 Å². The third kappa shape index (κ3) is 5.32. The summed E-state index contributed by atoms with van der Waals surface area (Å²) < 4.78 is 24.8. The molecule has 1 aliphatic heterocycles. The van der Waals surface area contributed by atoms with Crippen LogP contribution in [-0.2, 0) is 16.0 Å². The summed E-state index contributed by atoms with van der Waals surface area (Å²) in [6.07, 6.45) is 8.52. The highest BCUT2D eigenvalue weighted by atomic mass is 19.1. The van der Waals surface area contributed by atoms with Crippen molar-refractivity contribution in [3.8, 4) is 16.9 Å². The van der Waals surface area contributed by atoms with Gasteiger partial charge in [-0.25, -0.2) is 4.39 Å². The van der Waals surface area contributed by atoms with E-state index in [4.69, 9.17) is 9.47 Å². The van der Waals surface area contributed by atoms with Crippen molar-refractivity contribution >= 4 is 5.91 Å². The van der Waals surface area contributed by atoms with Crippen molar-refractivity contribution < 1.29 is 18.7 Å². The van der Waals surface area contributed by atoms with E-state index in [1.54, 1.807) is 13.2 Å². The molecule has 0 radical (unpaired) electrons. The van der Waals surface area contributed by atoms with Gasteiger partial charge < -0.3 is 14.8 Å². The van der Waals surface area contributed by atoms with E-state index in [1.807, 2.05) is 24.3 Å². The van der Waals surface area contributed by atoms with E-state index in [0.717, 1.165) is 48.4 Å². The number of ether oxygens (including phenoxy) is 2. The minimum atomic E-state index is -0.425. The van der Waals surface area contributed by atoms with Gasteiger partial charge in [0.2, 0.25) is 5.91 Å². The fraction of sp³-hybridized carbons (Fsp3) is 0.519. The second-order valence-corrected chi connectivity index (χ2v) is 9.31. The Bertz CT molecular complexity index is 900. The Kier molecular flexibility index (Phi) is 7.46. The molecule has 2 aromatic rings. The van der Waals surface area contributed by atoms with Gasteiger partial charge in [-0.15, -0.1) is 0 Å². The van der Waals surface area contributed by atoms with Crippen LogP contribution < -0.4 is 10.1 Å². The Balaban J connectivity index is 1.45. The van der Waals surface area contributed by atoms with Crippen molar-refractivity contribution in [2.45, 2.75) is 51.4 Å². The van der Waals surface area contributed by atoms with E-state index >= 15 is 0 Å². The average Bonchev–Trinajstić information content (AvgIpc) is 3.34. The summed E-state index contributed by atoms with van der Waals surface area (Å²) >= 11 is 0. The molecule has 1 saturated heterocycles. The fourth-order valence-corrected chi connectivity index (χ4v) is 5.22.